The molecule has 0 radical (unpaired) electrons. The molecule has 0 fully saturated rings. The van der Waals surface area contributed by atoms with Gasteiger partial charge in [0, 0.05) is 41.4 Å². The van der Waals surface area contributed by atoms with Crippen LogP contribution in [-0.4, -0.2) is 32.4 Å². The topological polar surface area (TPSA) is 84.7 Å². The summed E-state index contributed by atoms with van der Waals surface area (Å²) in [6, 6.07) is 12.3. The highest BCUT2D eigenvalue weighted by Crippen LogP contribution is 2.36. The fraction of sp³-hybridized carbons (Fsp3) is 0.167. The zero-order chi connectivity index (χ0) is 24.3. The zero-order valence-electron chi connectivity index (χ0n) is 18.4. The van der Waals surface area contributed by atoms with Gasteiger partial charge in [-0.1, -0.05) is 11.3 Å². The van der Waals surface area contributed by atoms with E-state index in [0.29, 0.717) is 17.9 Å². The van der Waals surface area contributed by atoms with Crippen molar-refractivity contribution in [1.82, 2.24) is 20.0 Å². The highest BCUT2D eigenvalue weighted by Gasteiger charge is 2.34. The molecule has 2 aromatic carbocycles. The zero-order valence-corrected chi connectivity index (χ0v) is 18.4. The lowest BCUT2D eigenvalue weighted by molar-refractivity contribution is -0.136. The van der Waals surface area contributed by atoms with Crippen LogP contribution in [0.3, 0.4) is 0 Å². The number of aromatic nitrogens is 4. The van der Waals surface area contributed by atoms with Crippen molar-refractivity contribution in [2.45, 2.75) is 20.0 Å². The molecule has 0 aliphatic rings. The van der Waals surface area contributed by atoms with Crippen molar-refractivity contribution in [3.63, 3.8) is 0 Å². The van der Waals surface area contributed by atoms with Gasteiger partial charge in [0.05, 0.1) is 17.4 Å². The van der Waals surface area contributed by atoms with Crippen molar-refractivity contribution in [3.05, 3.63) is 83.8 Å². The molecule has 0 bridgehead atoms. The number of amides is 1. The second kappa shape index (κ2) is 9.34. The third kappa shape index (κ3) is 4.90. The number of pyridine rings is 1. The summed E-state index contributed by atoms with van der Waals surface area (Å²) >= 11 is 0. The summed E-state index contributed by atoms with van der Waals surface area (Å²) in [7, 11) is 0. The Morgan fingerprint density at radius 2 is 1.94 bits per heavy atom. The minimum absolute atomic E-state index is 0.0405. The summed E-state index contributed by atoms with van der Waals surface area (Å²) in [6.07, 6.45) is 0.484. The largest absolute Gasteiger partial charge is 0.418 e. The Labute approximate surface area is 193 Å². The number of carbonyl (C=O) groups is 1. The first-order valence-corrected chi connectivity index (χ1v) is 10.5. The monoisotopic (exact) mass is 466 g/mol. The fourth-order valence-corrected chi connectivity index (χ4v) is 3.43. The molecule has 2 N–H and O–H groups in total. The third-order valence-electron chi connectivity index (χ3n) is 5.12. The van der Waals surface area contributed by atoms with Crippen LogP contribution in [-0.2, 0) is 6.18 Å². The Hall–Kier alpha value is -4.21. The van der Waals surface area contributed by atoms with Gasteiger partial charge in [-0.05, 0) is 61.9 Å². The molecule has 4 rings (SSSR count). The van der Waals surface area contributed by atoms with Crippen LogP contribution in [0.2, 0.25) is 0 Å². The number of rotatable bonds is 6. The molecule has 0 atom stereocenters. The lowest BCUT2D eigenvalue weighted by Crippen LogP contribution is -2.15. The van der Waals surface area contributed by atoms with Crippen LogP contribution >= 0.6 is 0 Å². The van der Waals surface area contributed by atoms with Gasteiger partial charge < -0.3 is 10.6 Å². The van der Waals surface area contributed by atoms with Crippen LogP contribution in [0.15, 0.2) is 67.1 Å². The average Bonchev–Trinajstić information content (AvgIpc) is 3.30. The van der Waals surface area contributed by atoms with Crippen molar-refractivity contribution in [3.8, 4) is 16.9 Å². The van der Waals surface area contributed by atoms with E-state index < -0.39 is 17.6 Å². The van der Waals surface area contributed by atoms with Gasteiger partial charge in [0.1, 0.15) is 5.69 Å². The predicted octanol–water partition coefficient (Wildman–Crippen LogP) is 5.34. The first-order valence-electron chi connectivity index (χ1n) is 10.5. The summed E-state index contributed by atoms with van der Waals surface area (Å²) in [5, 5.41) is 13.5. The molecule has 2 heterocycles. The maximum atomic E-state index is 13.4. The highest BCUT2D eigenvalue weighted by atomic mass is 19.4. The molecule has 2 aromatic heterocycles. The van der Waals surface area contributed by atoms with Gasteiger partial charge in [-0.3, -0.25) is 9.78 Å². The number of aryl methyl sites for hydroxylation is 1. The van der Waals surface area contributed by atoms with E-state index in [1.54, 1.807) is 54.5 Å². The fourth-order valence-electron chi connectivity index (χ4n) is 3.43. The minimum atomic E-state index is -4.56. The van der Waals surface area contributed by atoms with Crippen LogP contribution in [0.4, 0.5) is 24.5 Å². The van der Waals surface area contributed by atoms with Gasteiger partial charge in [0.2, 0.25) is 0 Å². The number of hydrogen-bond donors (Lipinski definition) is 2. The lowest BCUT2D eigenvalue weighted by atomic mass is 10.1. The number of nitrogens with zero attached hydrogens (tertiary/aromatic N) is 4. The van der Waals surface area contributed by atoms with Crippen LogP contribution in [0.25, 0.3) is 16.9 Å². The first kappa shape index (κ1) is 23.0. The quantitative estimate of drug-likeness (QED) is 0.401. The van der Waals surface area contributed by atoms with E-state index in [1.165, 1.54) is 12.1 Å². The summed E-state index contributed by atoms with van der Waals surface area (Å²) in [5.41, 5.74) is 2.29. The maximum absolute atomic E-state index is 13.4. The number of carbonyl (C=O) groups excluding carboxylic acids is 1. The van der Waals surface area contributed by atoms with Gasteiger partial charge in [0.25, 0.3) is 5.91 Å². The molecule has 174 valence electrons. The van der Waals surface area contributed by atoms with E-state index in [-0.39, 0.29) is 16.9 Å². The van der Waals surface area contributed by atoms with E-state index in [0.717, 1.165) is 17.2 Å². The highest BCUT2D eigenvalue weighted by molar-refractivity contribution is 6.04. The molecule has 34 heavy (non-hydrogen) atoms. The van der Waals surface area contributed by atoms with Gasteiger partial charge in [0.15, 0.2) is 0 Å². The van der Waals surface area contributed by atoms with Gasteiger partial charge in [-0.25, -0.2) is 4.68 Å². The van der Waals surface area contributed by atoms with Crippen molar-refractivity contribution in [1.29, 1.82) is 0 Å². The second-order valence-electron chi connectivity index (χ2n) is 7.53. The Morgan fingerprint density at radius 3 is 2.65 bits per heavy atom. The molecule has 0 saturated carbocycles. The Morgan fingerprint density at radius 1 is 1.12 bits per heavy atom. The molecule has 0 saturated heterocycles. The summed E-state index contributed by atoms with van der Waals surface area (Å²) in [5.74, 6) is -0.543. The standard InChI is InChI=1S/C24H21F3N6O/c1-3-29-20-9-8-18(12-19(20)24(25,26)27)30-23(34)16-7-6-15(2)22(11-16)33-14-21(31-32-33)17-5-4-10-28-13-17/h4-14,29H,3H2,1-2H3,(H,30,34). The van der Waals surface area contributed by atoms with Crippen molar-refractivity contribution < 1.29 is 18.0 Å². The number of alkyl halides is 3. The number of nitrogens with one attached hydrogen (secondary N) is 2. The molecule has 0 aliphatic heterocycles. The molecular formula is C24H21F3N6O. The summed E-state index contributed by atoms with van der Waals surface area (Å²) in [4.78, 5) is 16.9. The minimum Gasteiger partial charge on any atom is -0.385 e. The lowest BCUT2D eigenvalue weighted by Gasteiger charge is -2.16. The molecule has 7 nitrogen and oxygen atoms in total. The van der Waals surface area contributed by atoms with E-state index in [1.807, 2.05) is 13.0 Å². The Kier molecular flexibility index (Phi) is 6.31. The van der Waals surface area contributed by atoms with E-state index in [9.17, 15) is 18.0 Å². The van der Waals surface area contributed by atoms with Crippen LogP contribution in [0.5, 0.6) is 0 Å². The van der Waals surface area contributed by atoms with Gasteiger partial charge in [-0.15, -0.1) is 5.10 Å². The Balaban J connectivity index is 1.60. The third-order valence-corrected chi connectivity index (χ3v) is 5.12. The molecule has 4 aromatic rings. The summed E-state index contributed by atoms with van der Waals surface area (Å²) in [6.45, 7) is 3.91. The van der Waals surface area contributed by atoms with E-state index in [2.05, 4.69) is 25.9 Å². The van der Waals surface area contributed by atoms with Gasteiger partial charge in [-0.2, -0.15) is 13.2 Å². The average molecular weight is 466 g/mol. The molecule has 0 unspecified atom stereocenters. The first-order chi connectivity index (χ1) is 16.3. The molecule has 1 amide bonds. The second-order valence-corrected chi connectivity index (χ2v) is 7.53. The normalized spacial score (nSPS) is 11.3. The SMILES string of the molecule is CCNc1ccc(NC(=O)c2ccc(C)c(-n3cc(-c4cccnc4)nn3)c2)cc1C(F)(F)F. The van der Waals surface area contributed by atoms with Gasteiger partial charge >= 0.3 is 6.18 Å². The van der Waals surface area contributed by atoms with Crippen molar-refractivity contribution in [2.75, 3.05) is 17.2 Å². The van der Waals surface area contributed by atoms with Crippen LogP contribution in [0.1, 0.15) is 28.4 Å². The number of halogens is 3. The smallest absolute Gasteiger partial charge is 0.385 e. The van der Waals surface area contributed by atoms with Crippen LogP contribution < -0.4 is 10.6 Å². The maximum Gasteiger partial charge on any atom is 0.418 e. The predicted molar refractivity (Wildman–Crippen MR) is 123 cm³/mol. The van der Waals surface area contributed by atoms with Crippen molar-refractivity contribution >= 4 is 17.3 Å². The molecule has 10 heteroatoms. The number of anilines is 2. The van der Waals surface area contributed by atoms with Crippen LogP contribution in [0, 0.1) is 6.92 Å². The number of benzene rings is 2. The van der Waals surface area contributed by atoms with E-state index >= 15 is 0 Å². The summed E-state index contributed by atoms with van der Waals surface area (Å²) < 4.78 is 41.9. The molecular weight excluding hydrogens is 445 g/mol. The van der Waals surface area contributed by atoms with E-state index in [4.69, 9.17) is 0 Å². The molecule has 0 spiro atoms. The van der Waals surface area contributed by atoms with Crippen molar-refractivity contribution in [2.24, 2.45) is 0 Å². The Bertz CT molecular complexity index is 1320. The number of hydrogen-bond acceptors (Lipinski definition) is 5. The molecule has 0 aliphatic carbocycles.